The van der Waals surface area contributed by atoms with Crippen molar-refractivity contribution in [2.24, 2.45) is 0 Å². The number of carbonyl (C=O) groups is 2. The van der Waals surface area contributed by atoms with Gasteiger partial charge in [-0.1, -0.05) is 23.3 Å². The van der Waals surface area contributed by atoms with Crippen LogP contribution in [0.2, 0.25) is 0 Å². The molecule has 0 spiro atoms. The Morgan fingerprint density at radius 3 is 3.12 bits per heavy atom. The van der Waals surface area contributed by atoms with Crippen LogP contribution in [0, 0.1) is 0 Å². The van der Waals surface area contributed by atoms with E-state index in [-0.39, 0.29) is 24.0 Å². The molecule has 3 rings (SSSR count). The summed E-state index contributed by atoms with van der Waals surface area (Å²) in [5, 5.41) is 10.4. The van der Waals surface area contributed by atoms with Crippen molar-refractivity contribution in [1.29, 1.82) is 0 Å². The average molecular weight is 413 g/mol. The number of hydrogen-bond donors (Lipinski definition) is 3. The minimum Gasteiger partial charge on any atom is -0.355 e. The molecule has 0 saturated carbocycles. The normalized spacial score (nSPS) is 24.0. The van der Waals surface area contributed by atoms with Gasteiger partial charge in [0.1, 0.15) is 5.03 Å². The minimum absolute atomic E-state index is 0.0382. The fourth-order valence-corrected chi connectivity index (χ4v) is 6.42. The van der Waals surface area contributed by atoms with Crippen LogP contribution in [-0.2, 0) is 4.79 Å². The molecular weight excluding hydrogens is 388 g/mol. The van der Waals surface area contributed by atoms with E-state index >= 15 is 0 Å². The molecule has 2 saturated heterocycles. The molecule has 3 N–H and O–H groups in total. The molecule has 2 fully saturated rings. The van der Waals surface area contributed by atoms with Gasteiger partial charge in [0.2, 0.25) is 5.91 Å². The summed E-state index contributed by atoms with van der Waals surface area (Å²) in [7, 11) is 3.33. The summed E-state index contributed by atoms with van der Waals surface area (Å²) < 4.78 is 0. The number of fused-ring (bicyclic) bond motifs is 1. The smallest absolute Gasteiger partial charge is 0.315 e. The molecule has 1 aromatic rings. The molecule has 3 amide bonds. The van der Waals surface area contributed by atoms with Crippen LogP contribution < -0.4 is 16.0 Å². The van der Waals surface area contributed by atoms with Crippen molar-refractivity contribution < 1.29 is 9.59 Å². The van der Waals surface area contributed by atoms with Crippen LogP contribution in [0.15, 0.2) is 29.4 Å². The van der Waals surface area contributed by atoms with Gasteiger partial charge >= 0.3 is 6.03 Å². The maximum Gasteiger partial charge on any atom is 0.315 e. The van der Waals surface area contributed by atoms with Crippen molar-refractivity contribution in [2.45, 2.75) is 48.0 Å². The second kappa shape index (κ2) is 10.3. The average Bonchev–Trinajstić information content (AvgIpc) is 3.19. The van der Waals surface area contributed by atoms with E-state index in [1.165, 1.54) is 0 Å². The van der Waals surface area contributed by atoms with Gasteiger partial charge in [-0.3, -0.25) is 4.79 Å². The highest BCUT2D eigenvalue weighted by molar-refractivity contribution is 8.76. The molecule has 1 aromatic heterocycles. The van der Waals surface area contributed by atoms with Gasteiger partial charge in [-0.15, -0.1) is 0 Å². The Balaban J connectivity index is 1.19. The first kappa shape index (κ1) is 19.7. The summed E-state index contributed by atoms with van der Waals surface area (Å²) in [6.45, 7) is 0.684. The quantitative estimate of drug-likeness (QED) is 0.311. The zero-order valence-electron chi connectivity index (χ0n) is 14.5. The van der Waals surface area contributed by atoms with Crippen molar-refractivity contribution in [1.82, 2.24) is 20.9 Å². The molecule has 2 aliphatic heterocycles. The Morgan fingerprint density at radius 1 is 1.35 bits per heavy atom. The van der Waals surface area contributed by atoms with E-state index in [1.54, 1.807) is 27.8 Å². The lowest BCUT2D eigenvalue weighted by Crippen LogP contribution is -2.36. The monoisotopic (exact) mass is 412 g/mol. The topological polar surface area (TPSA) is 83.1 Å². The first-order valence-electron chi connectivity index (χ1n) is 8.88. The van der Waals surface area contributed by atoms with Gasteiger partial charge in [-0.05, 0) is 35.8 Å². The standard InChI is InChI=1S/C17H24N4O2S3/c22-14(18-9-10-25-26-15-7-3-4-8-19-15)6-2-1-5-13-16-12(11-24-13)20-17(23)21-16/h3-4,7-8,12-13,16H,1-2,5-6,9-11H2,(H,18,22)(H2,20,21,23). The molecule has 0 aromatic carbocycles. The molecule has 0 aliphatic carbocycles. The van der Waals surface area contributed by atoms with Crippen molar-refractivity contribution >= 4 is 45.3 Å². The number of amides is 3. The molecule has 0 radical (unpaired) electrons. The van der Waals surface area contributed by atoms with Crippen LogP contribution in [0.4, 0.5) is 4.79 Å². The number of thioether (sulfide) groups is 1. The predicted molar refractivity (Wildman–Crippen MR) is 110 cm³/mol. The highest BCUT2D eigenvalue weighted by atomic mass is 33.1. The van der Waals surface area contributed by atoms with E-state index in [0.717, 1.165) is 35.8 Å². The second-order valence-electron chi connectivity index (χ2n) is 6.29. The van der Waals surface area contributed by atoms with Crippen molar-refractivity contribution in [3.63, 3.8) is 0 Å². The molecule has 3 heterocycles. The number of unbranched alkanes of at least 4 members (excludes halogenated alkanes) is 1. The third-order valence-corrected chi connectivity index (χ3v) is 8.15. The fraction of sp³-hybridized carbons (Fsp3) is 0.588. The van der Waals surface area contributed by atoms with E-state index in [9.17, 15) is 9.59 Å². The molecule has 3 atom stereocenters. The van der Waals surface area contributed by atoms with Crippen LogP contribution in [0.5, 0.6) is 0 Å². The molecule has 26 heavy (non-hydrogen) atoms. The lowest BCUT2D eigenvalue weighted by Gasteiger charge is -2.16. The first-order chi connectivity index (χ1) is 12.7. The first-order valence-corrected chi connectivity index (χ1v) is 12.2. The molecule has 142 valence electrons. The van der Waals surface area contributed by atoms with Crippen LogP contribution in [0.3, 0.4) is 0 Å². The Hall–Kier alpha value is -1.06. The third kappa shape index (κ3) is 5.99. The SMILES string of the molecule is O=C(CCCCC1SCC2NC(=O)NC21)NCCSSc1ccccn1. The Kier molecular flexibility index (Phi) is 7.82. The number of carbonyl (C=O) groups excluding carboxylic acids is 2. The van der Waals surface area contributed by atoms with E-state index in [4.69, 9.17) is 0 Å². The van der Waals surface area contributed by atoms with Gasteiger partial charge in [0.25, 0.3) is 0 Å². The molecular formula is C17H24N4O2S3. The third-order valence-electron chi connectivity index (χ3n) is 4.37. The summed E-state index contributed by atoms with van der Waals surface area (Å²) in [6, 6.07) is 6.35. The fourth-order valence-electron chi connectivity index (χ4n) is 3.09. The van der Waals surface area contributed by atoms with Crippen molar-refractivity contribution in [3.05, 3.63) is 24.4 Å². The Labute approximate surface area is 166 Å². The van der Waals surface area contributed by atoms with E-state index < -0.39 is 0 Å². The maximum absolute atomic E-state index is 11.9. The minimum atomic E-state index is -0.0382. The zero-order chi connectivity index (χ0) is 18.2. The zero-order valence-corrected chi connectivity index (χ0v) is 16.9. The van der Waals surface area contributed by atoms with Gasteiger partial charge in [0, 0.05) is 35.9 Å². The highest BCUT2D eigenvalue weighted by Crippen LogP contribution is 2.33. The largest absolute Gasteiger partial charge is 0.355 e. The second-order valence-corrected chi connectivity index (χ2v) is 10.00. The number of nitrogens with zero attached hydrogens (tertiary/aromatic N) is 1. The summed E-state index contributed by atoms with van der Waals surface area (Å²) >= 11 is 1.92. The van der Waals surface area contributed by atoms with Gasteiger partial charge in [-0.2, -0.15) is 11.8 Å². The van der Waals surface area contributed by atoms with Crippen molar-refractivity contribution in [3.8, 4) is 0 Å². The summed E-state index contributed by atoms with van der Waals surface area (Å²) in [5.41, 5.74) is 0. The van der Waals surface area contributed by atoms with E-state index in [1.807, 2.05) is 30.0 Å². The number of rotatable bonds is 10. The Morgan fingerprint density at radius 2 is 2.27 bits per heavy atom. The molecule has 6 nitrogen and oxygen atoms in total. The lowest BCUT2D eigenvalue weighted by molar-refractivity contribution is -0.121. The number of pyridine rings is 1. The van der Waals surface area contributed by atoms with Crippen LogP contribution in [-0.4, -0.2) is 52.3 Å². The summed E-state index contributed by atoms with van der Waals surface area (Å²) in [6.07, 6.45) is 5.34. The van der Waals surface area contributed by atoms with Crippen LogP contribution in [0.1, 0.15) is 25.7 Å². The Bertz CT molecular complexity index is 605. The molecule has 2 aliphatic rings. The van der Waals surface area contributed by atoms with E-state index in [0.29, 0.717) is 18.2 Å². The summed E-state index contributed by atoms with van der Waals surface area (Å²) in [4.78, 5) is 27.5. The van der Waals surface area contributed by atoms with Crippen LogP contribution in [0.25, 0.3) is 0 Å². The lowest BCUT2D eigenvalue weighted by atomic mass is 10.0. The number of nitrogens with one attached hydrogen (secondary N) is 3. The highest BCUT2D eigenvalue weighted by Gasteiger charge is 2.42. The number of urea groups is 1. The maximum atomic E-state index is 11.9. The van der Waals surface area contributed by atoms with Crippen molar-refractivity contribution in [2.75, 3.05) is 18.1 Å². The van der Waals surface area contributed by atoms with Gasteiger partial charge in [-0.25, -0.2) is 9.78 Å². The predicted octanol–water partition coefficient (Wildman–Crippen LogP) is 2.66. The molecule has 9 heteroatoms. The molecule has 3 unspecified atom stereocenters. The number of aromatic nitrogens is 1. The summed E-state index contributed by atoms with van der Waals surface area (Å²) in [5.74, 6) is 1.98. The van der Waals surface area contributed by atoms with Gasteiger partial charge in [0.15, 0.2) is 0 Å². The van der Waals surface area contributed by atoms with Crippen LogP contribution >= 0.6 is 33.3 Å². The van der Waals surface area contributed by atoms with Gasteiger partial charge < -0.3 is 16.0 Å². The van der Waals surface area contributed by atoms with Gasteiger partial charge in [0.05, 0.1) is 12.1 Å². The number of hydrogen-bond acceptors (Lipinski definition) is 6. The molecule has 0 bridgehead atoms. The van der Waals surface area contributed by atoms with E-state index in [2.05, 4.69) is 20.9 Å².